The first-order valence-electron chi connectivity index (χ1n) is 9.40. The zero-order valence-electron chi connectivity index (χ0n) is 15.1. The van der Waals surface area contributed by atoms with Gasteiger partial charge < -0.3 is 14.8 Å². The summed E-state index contributed by atoms with van der Waals surface area (Å²) in [5, 5.41) is 7.96. The summed E-state index contributed by atoms with van der Waals surface area (Å²) >= 11 is 0. The summed E-state index contributed by atoms with van der Waals surface area (Å²) in [6.45, 7) is 3.40. The van der Waals surface area contributed by atoms with E-state index in [1.165, 1.54) is 5.56 Å². The van der Waals surface area contributed by atoms with Crippen LogP contribution >= 0.6 is 0 Å². The molecule has 0 amide bonds. The van der Waals surface area contributed by atoms with Gasteiger partial charge in [0.2, 0.25) is 0 Å². The molecule has 1 aliphatic carbocycles. The van der Waals surface area contributed by atoms with Crippen molar-refractivity contribution in [2.75, 3.05) is 13.2 Å². The van der Waals surface area contributed by atoms with Crippen LogP contribution in [-0.2, 0) is 0 Å². The van der Waals surface area contributed by atoms with E-state index >= 15 is 0 Å². The molecule has 2 aromatic rings. The highest BCUT2D eigenvalue weighted by molar-refractivity contribution is 5.44. The maximum Gasteiger partial charge on any atom is 0.266 e. The van der Waals surface area contributed by atoms with Gasteiger partial charge in [-0.1, -0.05) is 6.07 Å². The van der Waals surface area contributed by atoms with E-state index in [0.29, 0.717) is 19.3 Å². The highest BCUT2D eigenvalue weighted by atomic mass is 16.6. The summed E-state index contributed by atoms with van der Waals surface area (Å²) in [6.07, 6.45) is 5.73. The Bertz CT molecular complexity index is 812. The second kappa shape index (κ2) is 7.50. The van der Waals surface area contributed by atoms with E-state index in [-0.39, 0.29) is 17.6 Å². The first-order chi connectivity index (χ1) is 12.7. The Hall–Kier alpha value is -2.34. The molecule has 6 nitrogen and oxygen atoms in total. The summed E-state index contributed by atoms with van der Waals surface area (Å²) in [6, 6.07) is 10.4. The van der Waals surface area contributed by atoms with Gasteiger partial charge in [-0.3, -0.25) is 4.79 Å². The molecule has 2 heterocycles. The molecule has 1 N–H and O–H groups in total. The molecule has 2 aliphatic rings. The fourth-order valence-corrected chi connectivity index (χ4v) is 3.91. The topological polar surface area (TPSA) is 65.4 Å². The van der Waals surface area contributed by atoms with Crippen LogP contribution in [0.15, 0.2) is 41.3 Å². The first-order valence-corrected chi connectivity index (χ1v) is 9.40. The molecule has 1 aliphatic heterocycles. The lowest BCUT2D eigenvalue weighted by Gasteiger charge is -2.31. The number of ether oxygens (including phenoxy) is 2. The molecule has 0 saturated heterocycles. The summed E-state index contributed by atoms with van der Waals surface area (Å²) in [4.78, 5) is 11.9. The number of nitrogens with one attached hydrogen (secondary N) is 1. The van der Waals surface area contributed by atoms with Crippen LogP contribution in [0.5, 0.6) is 11.5 Å². The second-order valence-corrected chi connectivity index (χ2v) is 7.10. The Morgan fingerprint density at radius 3 is 2.65 bits per heavy atom. The largest absolute Gasteiger partial charge is 0.486 e. The van der Waals surface area contributed by atoms with Gasteiger partial charge in [0.15, 0.2) is 11.5 Å². The van der Waals surface area contributed by atoms with Crippen LogP contribution in [0.4, 0.5) is 0 Å². The van der Waals surface area contributed by atoms with E-state index in [9.17, 15) is 4.79 Å². The molecule has 1 unspecified atom stereocenters. The summed E-state index contributed by atoms with van der Waals surface area (Å²) in [7, 11) is 0. The monoisotopic (exact) mass is 355 g/mol. The van der Waals surface area contributed by atoms with Gasteiger partial charge in [0.25, 0.3) is 5.56 Å². The SMILES string of the molecule is CC(NC1CCC(n2ncccc2=O)CC1)c1ccc2c(c1)OCCO2. The molecule has 6 heteroatoms. The maximum absolute atomic E-state index is 11.9. The average molecular weight is 355 g/mol. The molecule has 1 aromatic heterocycles. The summed E-state index contributed by atoms with van der Waals surface area (Å²) in [5.74, 6) is 1.66. The van der Waals surface area contributed by atoms with E-state index in [1.54, 1.807) is 23.0 Å². The van der Waals surface area contributed by atoms with Crippen molar-refractivity contribution in [1.29, 1.82) is 0 Å². The van der Waals surface area contributed by atoms with Crippen molar-refractivity contribution in [2.24, 2.45) is 0 Å². The van der Waals surface area contributed by atoms with Crippen molar-refractivity contribution in [1.82, 2.24) is 15.1 Å². The summed E-state index contributed by atoms with van der Waals surface area (Å²) < 4.78 is 12.9. The molecular formula is C20H25N3O3. The Kier molecular flexibility index (Phi) is 4.93. The number of benzene rings is 1. The molecule has 138 valence electrons. The highest BCUT2D eigenvalue weighted by Gasteiger charge is 2.25. The van der Waals surface area contributed by atoms with Crippen LogP contribution in [0.3, 0.4) is 0 Å². The third kappa shape index (κ3) is 3.60. The fraction of sp³-hybridized carbons (Fsp3) is 0.500. The molecule has 0 radical (unpaired) electrons. The molecule has 1 atom stereocenters. The fourth-order valence-electron chi connectivity index (χ4n) is 3.91. The van der Waals surface area contributed by atoms with Crippen molar-refractivity contribution in [3.05, 3.63) is 52.4 Å². The number of rotatable bonds is 4. The minimum Gasteiger partial charge on any atom is -0.486 e. The summed E-state index contributed by atoms with van der Waals surface area (Å²) in [5.41, 5.74) is 1.20. The lowest BCUT2D eigenvalue weighted by Crippen LogP contribution is -2.37. The van der Waals surface area contributed by atoms with Gasteiger partial charge in [-0.25, -0.2) is 4.68 Å². The van der Waals surface area contributed by atoms with Crippen LogP contribution < -0.4 is 20.3 Å². The lowest BCUT2D eigenvalue weighted by atomic mass is 9.90. The standard InChI is InChI=1S/C20H25N3O3/c1-14(15-4-9-18-19(13-15)26-12-11-25-18)22-16-5-7-17(8-6-16)23-20(24)3-2-10-21-23/h2-4,9-10,13-14,16-17,22H,5-8,11-12H2,1H3. The Balaban J connectivity index is 1.35. The van der Waals surface area contributed by atoms with Crippen molar-refractivity contribution in [2.45, 2.75) is 50.7 Å². The van der Waals surface area contributed by atoms with E-state index in [1.807, 2.05) is 6.07 Å². The number of fused-ring (bicyclic) bond motifs is 1. The average Bonchev–Trinajstić information content (AvgIpc) is 2.69. The van der Waals surface area contributed by atoms with Gasteiger partial charge >= 0.3 is 0 Å². The lowest BCUT2D eigenvalue weighted by molar-refractivity contribution is 0.171. The minimum absolute atomic E-state index is 0.00597. The van der Waals surface area contributed by atoms with Crippen LogP contribution in [0.1, 0.15) is 50.3 Å². The van der Waals surface area contributed by atoms with E-state index < -0.39 is 0 Å². The molecule has 0 bridgehead atoms. The Labute approximate surface area is 153 Å². The quantitative estimate of drug-likeness (QED) is 0.914. The van der Waals surface area contributed by atoms with Crippen molar-refractivity contribution >= 4 is 0 Å². The molecule has 26 heavy (non-hydrogen) atoms. The normalized spacial score (nSPS) is 23.4. The predicted octanol–water partition coefficient (Wildman–Crippen LogP) is 2.85. The van der Waals surface area contributed by atoms with Crippen LogP contribution in [0.2, 0.25) is 0 Å². The number of nitrogens with zero attached hydrogens (tertiary/aromatic N) is 2. The molecule has 1 aromatic carbocycles. The molecule has 0 spiro atoms. The van der Waals surface area contributed by atoms with Crippen molar-refractivity contribution in [3.63, 3.8) is 0 Å². The van der Waals surface area contributed by atoms with Gasteiger partial charge in [0.05, 0.1) is 6.04 Å². The Morgan fingerprint density at radius 2 is 1.88 bits per heavy atom. The highest BCUT2D eigenvalue weighted by Crippen LogP contribution is 2.33. The third-order valence-electron chi connectivity index (χ3n) is 5.34. The molecule has 1 fully saturated rings. The van der Waals surface area contributed by atoms with Gasteiger partial charge in [0.1, 0.15) is 13.2 Å². The first kappa shape index (κ1) is 17.1. The Morgan fingerprint density at radius 1 is 1.12 bits per heavy atom. The predicted molar refractivity (Wildman–Crippen MR) is 98.8 cm³/mol. The van der Waals surface area contributed by atoms with E-state index in [2.05, 4.69) is 29.5 Å². The smallest absolute Gasteiger partial charge is 0.266 e. The molecule has 4 rings (SSSR count). The third-order valence-corrected chi connectivity index (χ3v) is 5.34. The maximum atomic E-state index is 11.9. The van der Waals surface area contributed by atoms with E-state index in [0.717, 1.165) is 37.2 Å². The van der Waals surface area contributed by atoms with Gasteiger partial charge in [-0.15, -0.1) is 0 Å². The minimum atomic E-state index is -0.00597. The zero-order chi connectivity index (χ0) is 17.9. The number of aromatic nitrogens is 2. The molecular weight excluding hydrogens is 330 g/mol. The van der Waals surface area contributed by atoms with Crippen LogP contribution in [0.25, 0.3) is 0 Å². The van der Waals surface area contributed by atoms with Crippen molar-refractivity contribution < 1.29 is 9.47 Å². The van der Waals surface area contributed by atoms with Gasteiger partial charge in [-0.2, -0.15) is 5.10 Å². The van der Waals surface area contributed by atoms with Gasteiger partial charge in [0, 0.05) is 24.3 Å². The van der Waals surface area contributed by atoms with E-state index in [4.69, 9.17) is 9.47 Å². The number of hydrogen-bond donors (Lipinski definition) is 1. The van der Waals surface area contributed by atoms with Crippen LogP contribution in [-0.4, -0.2) is 29.0 Å². The zero-order valence-corrected chi connectivity index (χ0v) is 15.1. The number of hydrogen-bond acceptors (Lipinski definition) is 5. The van der Waals surface area contributed by atoms with Crippen LogP contribution in [0, 0.1) is 0 Å². The van der Waals surface area contributed by atoms with Crippen molar-refractivity contribution in [3.8, 4) is 11.5 Å². The van der Waals surface area contributed by atoms with Gasteiger partial charge in [-0.05, 0) is 56.4 Å². The second-order valence-electron chi connectivity index (χ2n) is 7.10. The molecule has 1 saturated carbocycles.